The number of benzene rings is 1. The highest BCUT2D eigenvalue weighted by Gasteiger charge is 2.11. The van der Waals surface area contributed by atoms with Gasteiger partial charge in [0.1, 0.15) is 0 Å². The highest BCUT2D eigenvalue weighted by molar-refractivity contribution is 6.33. The summed E-state index contributed by atoms with van der Waals surface area (Å²) in [4.78, 5) is 34.4. The second-order valence-corrected chi connectivity index (χ2v) is 4.38. The molecule has 0 unspecified atom stereocenters. The molecule has 0 saturated carbocycles. The maximum absolute atomic E-state index is 11.7. The zero-order chi connectivity index (χ0) is 16.4. The second-order valence-electron chi connectivity index (χ2n) is 3.97. The third kappa shape index (κ3) is 6.23. The summed E-state index contributed by atoms with van der Waals surface area (Å²) in [5.41, 5.74) is 4.51. The Morgan fingerprint density at radius 1 is 1.18 bits per heavy atom. The topological polar surface area (TPSA) is 84.5 Å². The van der Waals surface area contributed by atoms with Gasteiger partial charge in [0.2, 0.25) is 0 Å². The van der Waals surface area contributed by atoms with E-state index in [-0.39, 0.29) is 10.6 Å². The number of halogens is 1. The van der Waals surface area contributed by atoms with E-state index in [0.29, 0.717) is 0 Å². The molecule has 0 aliphatic rings. The quantitative estimate of drug-likeness (QED) is 0.374. The fourth-order valence-corrected chi connectivity index (χ4v) is 1.53. The number of hydrazine groups is 1. The molecular weight excluding hydrogens is 308 g/mol. The first-order valence-electron chi connectivity index (χ1n) is 6.34. The van der Waals surface area contributed by atoms with Crippen LogP contribution >= 0.6 is 11.6 Å². The predicted molar refractivity (Wildman–Crippen MR) is 82.0 cm³/mol. The molecule has 22 heavy (non-hydrogen) atoms. The molecule has 0 bridgehead atoms. The van der Waals surface area contributed by atoms with Crippen LogP contribution in [0.5, 0.6) is 0 Å². The van der Waals surface area contributed by atoms with Gasteiger partial charge in [-0.2, -0.15) is 0 Å². The van der Waals surface area contributed by atoms with Gasteiger partial charge in [-0.1, -0.05) is 42.0 Å². The van der Waals surface area contributed by atoms with Gasteiger partial charge in [-0.3, -0.25) is 20.4 Å². The van der Waals surface area contributed by atoms with Crippen LogP contribution in [0.15, 0.2) is 48.6 Å². The van der Waals surface area contributed by atoms with Crippen LogP contribution in [0, 0.1) is 0 Å². The van der Waals surface area contributed by atoms with Gasteiger partial charge in [-0.05, 0) is 19.1 Å². The molecule has 116 valence electrons. The van der Waals surface area contributed by atoms with E-state index in [9.17, 15) is 14.4 Å². The Balaban J connectivity index is 2.36. The van der Waals surface area contributed by atoms with Crippen molar-refractivity contribution in [1.29, 1.82) is 0 Å². The molecule has 0 aliphatic heterocycles. The van der Waals surface area contributed by atoms with Crippen molar-refractivity contribution >= 4 is 29.4 Å². The summed E-state index contributed by atoms with van der Waals surface area (Å²) in [5, 5.41) is 0.259. The molecule has 0 aromatic heterocycles. The number of amides is 2. The van der Waals surface area contributed by atoms with Crippen LogP contribution in [0.4, 0.5) is 0 Å². The van der Waals surface area contributed by atoms with Crippen LogP contribution in [0.25, 0.3) is 0 Å². The maximum Gasteiger partial charge on any atom is 0.331 e. The SMILES string of the molecule is C/C=C/C=C/C(=O)OCC(=O)NNC(=O)c1ccccc1Cl. The number of esters is 1. The minimum absolute atomic E-state index is 0.218. The van der Waals surface area contributed by atoms with Gasteiger partial charge in [0.05, 0.1) is 10.6 Å². The van der Waals surface area contributed by atoms with Crippen LogP contribution in [0.1, 0.15) is 17.3 Å². The molecule has 0 spiro atoms. The minimum atomic E-state index is -0.673. The molecule has 0 heterocycles. The van der Waals surface area contributed by atoms with Gasteiger partial charge in [-0.25, -0.2) is 4.79 Å². The first kappa shape index (κ1) is 17.5. The number of rotatable bonds is 5. The van der Waals surface area contributed by atoms with Gasteiger partial charge in [-0.15, -0.1) is 0 Å². The molecule has 1 aromatic rings. The van der Waals surface area contributed by atoms with Gasteiger partial charge >= 0.3 is 5.97 Å². The van der Waals surface area contributed by atoms with E-state index in [0.717, 1.165) is 0 Å². The number of carbonyl (C=O) groups excluding carboxylic acids is 3. The van der Waals surface area contributed by atoms with Crippen molar-refractivity contribution < 1.29 is 19.1 Å². The molecule has 2 amide bonds. The lowest BCUT2D eigenvalue weighted by atomic mass is 10.2. The summed E-state index contributed by atoms with van der Waals surface area (Å²) >= 11 is 5.84. The molecule has 7 heteroatoms. The van der Waals surface area contributed by atoms with Crippen LogP contribution in [0.3, 0.4) is 0 Å². The number of nitrogens with one attached hydrogen (secondary N) is 2. The number of hydrogen-bond acceptors (Lipinski definition) is 4. The number of hydrogen-bond donors (Lipinski definition) is 2. The van der Waals surface area contributed by atoms with Crippen LogP contribution < -0.4 is 10.9 Å². The molecule has 0 atom stereocenters. The van der Waals surface area contributed by atoms with Crippen molar-refractivity contribution in [2.24, 2.45) is 0 Å². The van der Waals surface area contributed by atoms with Gasteiger partial charge < -0.3 is 4.74 Å². The van der Waals surface area contributed by atoms with Gasteiger partial charge in [0.25, 0.3) is 11.8 Å². The van der Waals surface area contributed by atoms with E-state index >= 15 is 0 Å². The lowest BCUT2D eigenvalue weighted by molar-refractivity contribution is -0.144. The molecule has 6 nitrogen and oxygen atoms in total. The Morgan fingerprint density at radius 2 is 1.91 bits per heavy atom. The Kier molecular flexibility index (Phi) is 7.42. The Morgan fingerprint density at radius 3 is 2.59 bits per heavy atom. The highest BCUT2D eigenvalue weighted by atomic mass is 35.5. The third-order valence-corrected chi connectivity index (χ3v) is 2.64. The smallest absolute Gasteiger partial charge is 0.331 e. The molecular formula is C15H15ClN2O4. The van der Waals surface area contributed by atoms with E-state index < -0.39 is 24.4 Å². The predicted octanol–water partition coefficient (Wildman–Crippen LogP) is 1.78. The highest BCUT2D eigenvalue weighted by Crippen LogP contribution is 2.13. The minimum Gasteiger partial charge on any atom is -0.452 e. The van der Waals surface area contributed by atoms with Crippen molar-refractivity contribution in [1.82, 2.24) is 10.9 Å². The first-order valence-corrected chi connectivity index (χ1v) is 6.72. The van der Waals surface area contributed by atoms with Crippen molar-refractivity contribution in [3.8, 4) is 0 Å². The summed E-state index contributed by atoms with van der Waals surface area (Å²) in [6.45, 7) is 1.28. The van der Waals surface area contributed by atoms with Gasteiger partial charge in [0, 0.05) is 6.08 Å². The maximum atomic E-state index is 11.7. The van der Waals surface area contributed by atoms with E-state index in [1.807, 2.05) is 0 Å². The molecule has 2 N–H and O–H groups in total. The summed E-state index contributed by atoms with van der Waals surface area (Å²) in [5.74, 6) is -1.91. The summed E-state index contributed by atoms with van der Waals surface area (Å²) in [7, 11) is 0. The van der Waals surface area contributed by atoms with Crippen molar-refractivity contribution in [3.63, 3.8) is 0 Å². The van der Waals surface area contributed by atoms with Crippen molar-refractivity contribution in [3.05, 3.63) is 59.2 Å². The molecule has 1 rings (SSSR count). The van der Waals surface area contributed by atoms with Crippen molar-refractivity contribution in [2.45, 2.75) is 6.92 Å². The Hall–Kier alpha value is -2.60. The molecule has 0 radical (unpaired) electrons. The third-order valence-electron chi connectivity index (χ3n) is 2.32. The molecule has 0 aliphatic carbocycles. The lowest BCUT2D eigenvalue weighted by Gasteiger charge is -2.08. The average Bonchev–Trinajstić information content (AvgIpc) is 2.51. The van der Waals surface area contributed by atoms with Crippen LogP contribution in [0.2, 0.25) is 5.02 Å². The average molecular weight is 323 g/mol. The first-order chi connectivity index (χ1) is 10.5. The number of allylic oxidation sites excluding steroid dienone is 3. The monoisotopic (exact) mass is 322 g/mol. The summed E-state index contributed by atoms with van der Waals surface area (Å²) in [6, 6.07) is 6.38. The van der Waals surface area contributed by atoms with Crippen molar-refractivity contribution in [2.75, 3.05) is 6.61 Å². The van der Waals surface area contributed by atoms with Crippen LogP contribution in [-0.4, -0.2) is 24.4 Å². The normalized spacial score (nSPS) is 10.6. The van der Waals surface area contributed by atoms with E-state index in [2.05, 4.69) is 15.6 Å². The zero-order valence-electron chi connectivity index (χ0n) is 11.8. The largest absolute Gasteiger partial charge is 0.452 e. The summed E-state index contributed by atoms with van der Waals surface area (Å²) < 4.78 is 4.66. The lowest BCUT2D eigenvalue weighted by Crippen LogP contribution is -2.43. The molecule has 0 saturated heterocycles. The van der Waals surface area contributed by atoms with E-state index in [1.54, 1.807) is 37.3 Å². The van der Waals surface area contributed by atoms with Gasteiger partial charge in [0.15, 0.2) is 6.61 Å². The number of ether oxygens (including phenoxy) is 1. The fourth-order valence-electron chi connectivity index (χ4n) is 1.31. The molecule has 0 fully saturated rings. The Bertz CT molecular complexity index is 611. The van der Waals surface area contributed by atoms with E-state index in [4.69, 9.17) is 11.6 Å². The zero-order valence-corrected chi connectivity index (χ0v) is 12.6. The van der Waals surface area contributed by atoms with E-state index in [1.165, 1.54) is 18.2 Å². The molecule has 1 aromatic carbocycles. The van der Waals surface area contributed by atoms with Crippen LogP contribution in [-0.2, 0) is 14.3 Å². The number of carbonyl (C=O) groups is 3. The summed E-state index contributed by atoms with van der Waals surface area (Å²) in [6.07, 6.45) is 6.04. The Labute approximate surface area is 132 Å². The second kappa shape index (κ2) is 9.36. The standard InChI is InChI=1S/C15H15ClN2O4/c1-2-3-4-9-14(20)22-10-13(19)17-18-15(21)11-7-5-6-8-12(11)16/h2-9H,10H2,1H3,(H,17,19)(H,18,21)/b3-2+,9-4+. The fraction of sp³-hybridized carbons (Fsp3) is 0.133.